The van der Waals surface area contributed by atoms with Crippen LogP contribution in [0.15, 0.2) is 170 Å². The highest BCUT2D eigenvalue weighted by Gasteiger charge is 2.26. The summed E-state index contributed by atoms with van der Waals surface area (Å²) in [5.74, 6) is 3.31. The first-order valence-electron chi connectivity index (χ1n) is 27.2. The van der Waals surface area contributed by atoms with Gasteiger partial charge in [0.1, 0.15) is 49.4 Å². The summed E-state index contributed by atoms with van der Waals surface area (Å²) in [6.07, 6.45) is 2.04. The summed E-state index contributed by atoms with van der Waals surface area (Å²) >= 11 is 0. The van der Waals surface area contributed by atoms with Gasteiger partial charge in [-0.15, -0.1) is 0 Å². The van der Waals surface area contributed by atoms with Gasteiger partial charge < -0.3 is 37.9 Å². The molecule has 76 heavy (non-hydrogen) atoms. The highest BCUT2D eigenvalue weighted by atomic mass is 16.5. The molecule has 8 bridgehead atoms. The molecule has 0 radical (unpaired) electrons. The molecule has 392 valence electrons. The second kappa shape index (κ2) is 27.5. The summed E-state index contributed by atoms with van der Waals surface area (Å²) in [7, 11) is 0. The molecule has 8 aromatic rings. The molecule has 8 heteroatoms. The van der Waals surface area contributed by atoms with Crippen LogP contribution in [0.2, 0.25) is 0 Å². The van der Waals surface area contributed by atoms with E-state index in [9.17, 15) is 0 Å². The van der Waals surface area contributed by atoms with Crippen LogP contribution in [0.5, 0.6) is 23.0 Å². The zero-order valence-electron chi connectivity index (χ0n) is 44.7. The van der Waals surface area contributed by atoms with Gasteiger partial charge in [-0.05, 0) is 165 Å². The largest absolute Gasteiger partial charge is 0.491 e. The highest BCUT2D eigenvalue weighted by molar-refractivity contribution is 5.75. The van der Waals surface area contributed by atoms with Crippen molar-refractivity contribution in [3.63, 3.8) is 0 Å². The topological polar surface area (TPSA) is 73.8 Å². The van der Waals surface area contributed by atoms with Crippen LogP contribution in [0.4, 0.5) is 0 Å². The van der Waals surface area contributed by atoms with Gasteiger partial charge in [-0.25, -0.2) is 0 Å². The van der Waals surface area contributed by atoms with E-state index in [2.05, 4.69) is 170 Å². The van der Waals surface area contributed by atoms with Crippen molar-refractivity contribution in [2.24, 2.45) is 0 Å². The van der Waals surface area contributed by atoms with Crippen LogP contribution in [-0.4, -0.2) is 79.3 Å². The lowest BCUT2D eigenvalue weighted by atomic mass is 9.86. The van der Waals surface area contributed by atoms with Gasteiger partial charge in [0.15, 0.2) is 0 Å². The Kier molecular flexibility index (Phi) is 19.4. The van der Waals surface area contributed by atoms with Crippen molar-refractivity contribution in [3.8, 4) is 67.5 Å². The fourth-order valence-corrected chi connectivity index (χ4v) is 10.2. The third-order valence-electron chi connectivity index (χ3n) is 13.6. The van der Waals surface area contributed by atoms with Crippen LogP contribution >= 0.6 is 0 Å². The van der Waals surface area contributed by atoms with Gasteiger partial charge in [0.25, 0.3) is 0 Å². The summed E-state index contributed by atoms with van der Waals surface area (Å²) in [4.78, 5) is 0. The average molecular weight is 1020 g/mol. The van der Waals surface area contributed by atoms with E-state index in [-0.39, 0.29) is 0 Å². The quantitative estimate of drug-likeness (QED) is 0.0554. The maximum Gasteiger partial charge on any atom is 0.126 e. The monoisotopic (exact) mass is 1020 g/mol. The second-order valence-electron chi connectivity index (χ2n) is 18.8. The predicted octanol–water partition coefficient (Wildman–Crippen LogP) is 14.7. The maximum atomic E-state index is 7.07. The van der Waals surface area contributed by atoms with Gasteiger partial charge in [0.2, 0.25) is 0 Å². The van der Waals surface area contributed by atoms with Crippen LogP contribution in [0.1, 0.15) is 72.2 Å². The molecule has 8 nitrogen and oxygen atoms in total. The molecule has 8 aromatic carbocycles. The molecule has 0 spiro atoms. The molecular weight excluding hydrogens is 945 g/mol. The normalized spacial score (nSPS) is 12.1. The van der Waals surface area contributed by atoms with E-state index in [1.165, 1.54) is 0 Å². The van der Waals surface area contributed by atoms with E-state index < -0.39 is 0 Å². The highest BCUT2D eigenvalue weighted by Crippen LogP contribution is 2.44. The van der Waals surface area contributed by atoms with Crippen molar-refractivity contribution in [2.45, 2.75) is 53.4 Å². The third-order valence-corrected chi connectivity index (χ3v) is 13.6. The third kappa shape index (κ3) is 13.8. The molecule has 0 saturated heterocycles. The Balaban J connectivity index is 1.38. The SMILES string of the molecule is CCOCCOc1c2cc(-c3ccccc3)cc1Cc1cc(-c3ccccc3)cc(c1OCCOCC)Cc1cc(-c3ccccc3)cc(c1OCCOCC)Cc1cc(-c3ccccc3)cc(c1OCCOCC)C2. The first kappa shape index (κ1) is 53.6. The zero-order chi connectivity index (χ0) is 52.3. The first-order valence-corrected chi connectivity index (χ1v) is 27.2. The molecule has 0 unspecified atom stereocenters. The van der Waals surface area contributed by atoms with Gasteiger partial charge in [-0.3, -0.25) is 0 Å². The number of rotatable bonds is 24. The van der Waals surface area contributed by atoms with Crippen molar-refractivity contribution >= 4 is 0 Å². The van der Waals surface area contributed by atoms with E-state index in [0.717, 1.165) is 112 Å². The van der Waals surface area contributed by atoms with Crippen LogP contribution in [-0.2, 0) is 44.6 Å². The average Bonchev–Trinajstić information content (AvgIpc) is 3.46. The smallest absolute Gasteiger partial charge is 0.126 e. The fraction of sp³-hybridized carbons (Fsp3) is 0.294. The van der Waals surface area contributed by atoms with Crippen molar-refractivity contribution < 1.29 is 37.9 Å². The summed E-state index contributed by atoms with van der Waals surface area (Å²) in [5.41, 5.74) is 17.2. The first-order chi connectivity index (χ1) is 37.5. The molecule has 0 atom stereocenters. The van der Waals surface area contributed by atoms with Crippen molar-refractivity contribution in [1.29, 1.82) is 0 Å². The van der Waals surface area contributed by atoms with Crippen LogP contribution in [0, 0.1) is 0 Å². The van der Waals surface area contributed by atoms with Crippen LogP contribution in [0.3, 0.4) is 0 Å². The van der Waals surface area contributed by atoms with E-state index in [1.807, 2.05) is 27.7 Å². The van der Waals surface area contributed by atoms with Gasteiger partial charge in [-0.2, -0.15) is 0 Å². The van der Waals surface area contributed by atoms with Gasteiger partial charge in [-0.1, -0.05) is 121 Å². The molecule has 0 aromatic heterocycles. The summed E-state index contributed by atoms with van der Waals surface area (Å²) < 4.78 is 52.0. The Morgan fingerprint density at radius 3 is 0.592 bits per heavy atom. The summed E-state index contributed by atoms with van der Waals surface area (Å²) in [5, 5.41) is 0. The summed E-state index contributed by atoms with van der Waals surface area (Å²) in [6, 6.07) is 61.0. The second-order valence-corrected chi connectivity index (χ2v) is 18.8. The van der Waals surface area contributed by atoms with E-state index in [4.69, 9.17) is 37.9 Å². The van der Waals surface area contributed by atoms with Crippen LogP contribution < -0.4 is 18.9 Å². The van der Waals surface area contributed by atoms with E-state index >= 15 is 0 Å². The minimum absolute atomic E-state index is 0.378. The van der Waals surface area contributed by atoms with Crippen molar-refractivity contribution in [2.75, 3.05) is 79.3 Å². The summed E-state index contributed by atoms with van der Waals surface area (Å²) in [6.45, 7) is 13.8. The molecule has 1 aliphatic rings. The molecule has 1 aliphatic carbocycles. The van der Waals surface area contributed by atoms with Gasteiger partial charge in [0.05, 0.1) is 26.4 Å². The predicted molar refractivity (Wildman–Crippen MR) is 307 cm³/mol. The minimum atomic E-state index is 0.378. The molecule has 0 fully saturated rings. The van der Waals surface area contributed by atoms with Gasteiger partial charge >= 0.3 is 0 Å². The molecule has 0 heterocycles. The molecule has 0 amide bonds. The Morgan fingerprint density at radius 1 is 0.237 bits per heavy atom. The van der Waals surface area contributed by atoms with E-state index in [1.54, 1.807) is 0 Å². The molecule has 9 rings (SSSR count). The standard InChI is InChI=1S/C68H72O8/c1-5-69-29-33-73-65-57-37-53(49-21-13-9-14-22-49)38-58(65)46-60-40-55(51-25-17-11-18-26-51)42-62(67(60)75-35-31-71-7-3)48-64-44-56(52-27-19-12-20-28-52)43-63(68(64)76-36-32-72-8-4)47-61-41-54(50-23-15-10-16-24-50)39-59(45-57)66(61)74-34-30-70-6-2/h9-28,37-44H,5-8,29-36,45-48H2,1-4H3. The lowest BCUT2D eigenvalue weighted by Crippen LogP contribution is -2.14. The number of benzene rings is 8. The number of hydrogen-bond donors (Lipinski definition) is 0. The Bertz CT molecular complexity index is 2570. The van der Waals surface area contributed by atoms with Crippen molar-refractivity contribution in [3.05, 3.63) is 214 Å². The molecule has 0 saturated carbocycles. The molecule has 0 aliphatic heterocycles. The Hall–Kier alpha value is -7.20. The fourth-order valence-electron chi connectivity index (χ4n) is 10.2. The van der Waals surface area contributed by atoms with E-state index in [0.29, 0.717) is 105 Å². The number of ether oxygens (including phenoxy) is 8. The minimum Gasteiger partial charge on any atom is -0.491 e. The number of fused-ring (bicyclic) bond motifs is 8. The lowest BCUT2D eigenvalue weighted by molar-refractivity contribution is 0.108. The Labute approximate surface area is 450 Å². The maximum absolute atomic E-state index is 7.07. The molecular formula is C68H72O8. The molecule has 0 N–H and O–H groups in total. The van der Waals surface area contributed by atoms with Crippen molar-refractivity contribution in [1.82, 2.24) is 0 Å². The zero-order valence-corrected chi connectivity index (χ0v) is 44.7. The number of hydrogen-bond acceptors (Lipinski definition) is 8. The lowest BCUT2D eigenvalue weighted by Gasteiger charge is -2.25. The Morgan fingerprint density at radius 2 is 0.421 bits per heavy atom. The van der Waals surface area contributed by atoms with Gasteiger partial charge in [0, 0.05) is 52.1 Å². The van der Waals surface area contributed by atoms with Crippen LogP contribution in [0.25, 0.3) is 44.5 Å².